The van der Waals surface area contributed by atoms with E-state index in [1.54, 1.807) is 24.4 Å². The lowest BCUT2D eigenvalue weighted by Gasteiger charge is -2.07. The summed E-state index contributed by atoms with van der Waals surface area (Å²) in [6.45, 7) is 2.34. The van der Waals surface area contributed by atoms with Gasteiger partial charge in [-0.25, -0.2) is 9.98 Å². The second-order valence-electron chi connectivity index (χ2n) is 6.14. The average molecular weight is 392 g/mol. The van der Waals surface area contributed by atoms with Crippen molar-refractivity contribution in [3.63, 3.8) is 0 Å². The molecule has 2 aromatic carbocycles. The van der Waals surface area contributed by atoms with Crippen LogP contribution in [-0.2, 0) is 0 Å². The third kappa shape index (κ3) is 3.57. The maximum Gasteiger partial charge on any atom is 0.165 e. The standard InChI is InChI=1S/C22H18ClN3O2/c1-2-28-19-13-16(8-11-18(19)27)21-22(26-12-4-3-5-20(26)25-21)24-14-15-6-9-17(23)10-7-15/h3-14,27H,2H2,1H3. The summed E-state index contributed by atoms with van der Waals surface area (Å²) in [7, 11) is 0. The van der Waals surface area contributed by atoms with Crippen molar-refractivity contribution in [2.75, 3.05) is 6.61 Å². The van der Waals surface area contributed by atoms with E-state index in [-0.39, 0.29) is 5.75 Å². The third-order valence-corrected chi connectivity index (χ3v) is 4.50. The van der Waals surface area contributed by atoms with Gasteiger partial charge in [0.25, 0.3) is 0 Å². The van der Waals surface area contributed by atoms with Gasteiger partial charge in [-0.15, -0.1) is 0 Å². The number of hydrogen-bond acceptors (Lipinski definition) is 4. The quantitative estimate of drug-likeness (QED) is 0.456. The SMILES string of the molecule is CCOc1cc(-c2nc3ccccn3c2N=Cc2ccc(Cl)cc2)ccc1O. The summed E-state index contributed by atoms with van der Waals surface area (Å²) in [4.78, 5) is 9.43. The molecule has 2 aromatic heterocycles. The van der Waals surface area contributed by atoms with Crippen LogP contribution in [0.1, 0.15) is 12.5 Å². The van der Waals surface area contributed by atoms with E-state index in [0.717, 1.165) is 16.8 Å². The Morgan fingerprint density at radius 1 is 1.14 bits per heavy atom. The van der Waals surface area contributed by atoms with E-state index in [1.807, 2.05) is 60.0 Å². The van der Waals surface area contributed by atoms with Crippen LogP contribution < -0.4 is 4.74 Å². The zero-order valence-corrected chi connectivity index (χ0v) is 16.0. The van der Waals surface area contributed by atoms with Crippen LogP contribution in [0.25, 0.3) is 16.9 Å². The van der Waals surface area contributed by atoms with Crippen molar-refractivity contribution in [1.82, 2.24) is 9.38 Å². The predicted octanol–water partition coefficient (Wildman–Crippen LogP) is 5.51. The number of aromatic nitrogens is 2. The number of phenolic OH excluding ortho intramolecular Hbond substituents is 1. The molecule has 4 rings (SSSR count). The molecule has 0 bridgehead atoms. The van der Waals surface area contributed by atoms with Gasteiger partial charge in [0.15, 0.2) is 17.3 Å². The first-order valence-electron chi connectivity index (χ1n) is 8.88. The van der Waals surface area contributed by atoms with Crippen molar-refractivity contribution < 1.29 is 9.84 Å². The fourth-order valence-electron chi connectivity index (χ4n) is 2.92. The first kappa shape index (κ1) is 18.1. The largest absolute Gasteiger partial charge is 0.504 e. The van der Waals surface area contributed by atoms with Crippen LogP contribution in [-0.4, -0.2) is 27.3 Å². The molecule has 0 amide bonds. The van der Waals surface area contributed by atoms with Gasteiger partial charge in [0.1, 0.15) is 11.3 Å². The summed E-state index contributed by atoms with van der Waals surface area (Å²) < 4.78 is 7.44. The van der Waals surface area contributed by atoms with Gasteiger partial charge in [0, 0.05) is 23.0 Å². The molecule has 2 heterocycles. The molecule has 0 aliphatic carbocycles. The number of pyridine rings is 1. The third-order valence-electron chi connectivity index (χ3n) is 4.24. The van der Waals surface area contributed by atoms with E-state index in [9.17, 15) is 5.11 Å². The molecule has 0 radical (unpaired) electrons. The highest BCUT2D eigenvalue weighted by molar-refractivity contribution is 6.30. The second-order valence-corrected chi connectivity index (χ2v) is 6.57. The lowest BCUT2D eigenvalue weighted by Crippen LogP contribution is -1.92. The van der Waals surface area contributed by atoms with Gasteiger partial charge in [-0.3, -0.25) is 4.40 Å². The monoisotopic (exact) mass is 391 g/mol. The van der Waals surface area contributed by atoms with Crippen molar-refractivity contribution in [2.24, 2.45) is 4.99 Å². The Kier molecular flexibility index (Phi) is 5.00. The molecule has 0 unspecified atom stereocenters. The molecule has 1 N–H and O–H groups in total. The molecule has 28 heavy (non-hydrogen) atoms. The van der Waals surface area contributed by atoms with E-state index in [1.165, 1.54) is 0 Å². The molecule has 5 nitrogen and oxygen atoms in total. The van der Waals surface area contributed by atoms with Gasteiger partial charge < -0.3 is 9.84 Å². The Hall–Kier alpha value is -3.31. The first-order chi connectivity index (χ1) is 13.7. The molecule has 4 aromatic rings. The summed E-state index contributed by atoms with van der Waals surface area (Å²) in [5, 5.41) is 10.7. The van der Waals surface area contributed by atoms with E-state index in [2.05, 4.69) is 0 Å². The second kappa shape index (κ2) is 7.74. The van der Waals surface area contributed by atoms with Gasteiger partial charge in [-0.2, -0.15) is 0 Å². The Balaban J connectivity index is 1.84. The molecule has 0 fully saturated rings. The Morgan fingerprint density at radius 3 is 2.75 bits per heavy atom. The maximum atomic E-state index is 10.0. The maximum absolute atomic E-state index is 10.0. The smallest absolute Gasteiger partial charge is 0.165 e. The lowest BCUT2D eigenvalue weighted by atomic mass is 10.1. The van der Waals surface area contributed by atoms with E-state index in [0.29, 0.717) is 28.9 Å². The van der Waals surface area contributed by atoms with E-state index < -0.39 is 0 Å². The van der Waals surface area contributed by atoms with Gasteiger partial charge in [-0.05, 0) is 55.0 Å². The normalized spacial score (nSPS) is 11.4. The molecule has 0 aliphatic heterocycles. The molecule has 0 saturated carbocycles. The van der Waals surface area contributed by atoms with Crippen LogP contribution in [0.5, 0.6) is 11.5 Å². The number of hydrogen-bond donors (Lipinski definition) is 1. The van der Waals surface area contributed by atoms with Gasteiger partial charge in [-0.1, -0.05) is 29.8 Å². The van der Waals surface area contributed by atoms with Crippen molar-refractivity contribution in [3.05, 3.63) is 77.4 Å². The number of nitrogens with zero attached hydrogens (tertiary/aromatic N) is 3. The summed E-state index contributed by atoms with van der Waals surface area (Å²) >= 11 is 5.96. The van der Waals surface area contributed by atoms with Crippen molar-refractivity contribution >= 4 is 29.3 Å². The van der Waals surface area contributed by atoms with Crippen LogP contribution >= 0.6 is 11.6 Å². The van der Waals surface area contributed by atoms with E-state index in [4.69, 9.17) is 26.3 Å². The summed E-state index contributed by atoms with van der Waals surface area (Å²) in [6, 6.07) is 18.4. The molecule has 0 atom stereocenters. The Bertz CT molecular complexity index is 1150. The van der Waals surface area contributed by atoms with Crippen molar-refractivity contribution in [2.45, 2.75) is 6.92 Å². The number of rotatable bonds is 5. The molecular weight excluding hydrogens is 374 g/mol. The topological polar surface area (TPSA) is 59.1 Å². The molecule has 0 aliphatic rings. The average Bonchev–Trinajstić information content (AvgIpc) is 3.08. The molecular formula is C22H18ClN3O2. The van der Waals surface area contributed by atoms with Gasteiger partial charge >= 0.3 is 0 Å². The summed E-state index contributed by atoms with van der Waals surface area (Å²) in [6.07, 6.45) is 3.70. The highest BCUT2D eigenvalue weighted by Crippen LogP contribution is 2.36. The number of benzene rings is 2. The molecule has 0 saturated heterocycles. The fraction of sp³-hybridized carbons (Fsp3) is 0.0909. The summed E-state index contributed by atoms with van der Waals surface area (Å²) in [5.41, 5.74) is 3.24. The van der Waals surface area contributed by atoms with Crippen LogP contribution in [0.15, 0.2) is 71.9 Å². The van der Waals surface area contributed by atoms with Crippen molar-refractivity contribution in [1.29, 1.82) is 0 Å². The Labute approximate surface area is 167 Å². The molecule has 140 valence electrons. The van der Waals surface area contributed by atoms with Gasteiger partial charge in [0.2, 0.25) is 0 Å². The van der Waals surface area contributed by atoms with Crippen LogP contribution in [0.3, 0.4) is 0 Å². The first-order valence-corrected chi connectivity index (χ1v) is 9.26. The zero-order valence-electron chi connectivity index (χ0n) is 15.2. The minimum absolute atomic E-state index is 0.0978. The number of imidazole rings is 1. The number of halogens is 1. The van der Waals surface area contributed by atoms with Gasteiger partial charge in [0.05, 0.1) is 6.61 Å². The summed E-state index contributed by atoms with van der Waals surface area (Å²) in [5.74, 6) is 1.21. The molecule has 0 spiro atoms. The fourth-order valence-corrected chi connectivity index (χ4v) is 3.04. The molecule has 6 heteroatoms. The lowest BCUT2D eigenvalue weighted by molar-refractivity contribution is 0.318. The number of ether oxygens (including phenoxy) is 1. The minimum atomic E-state index is 0.0978. The Morgan fingerprint density at radius 2 is 1.96 bits per heavy atom. The zero-order chi connectivity index (χ0) is 19.5. The number of fused-ring (bicyclic) bond motifs is 1. The highest BCUT2D eigenvalue weighted by atomic mass is 35.5. The number of aromatic hydroxyl groups is 1. The number of phenols is 1. The minimum Gasteiger partial charge on any atom is -0.504 e. The van der Waals surface area contributed by atoms with Crippen LogP contribution in [0.4, 0.5) is 5.82 Å². The van der Waals surface area contributed by atoms with Crippen LogP contribution in [0.2, 0.25) is 5.02 Å². The van der Waals surface area contributed by atoms with Crippen LogP contribution in [0, 0.1) is 0 Å². The van der Waals surface area contributed by atoms with E-state index >= 15 is 0 Å². The number of aliphatic imine (C=N–C) groups is 1. The highest BCUT2D eigenvalue weighted by Gasteiger charge is 2.15. The van der Waals surface area contributed by atoms with Crippen molar-refractivity contribution in [3.8, 4) is 22.8 Å². The predicted molar refractivity (Wildman–Crippen MR) is 112 cm³/mol.